The molecular formula is C25H29NO6. The molecule has 7 nitrogen and oxygen atoms in total. The molecule has 4 rings (SSSR count). The number of carboxylic acid groups (broad SMARTS) is 1. The van der Waals surface area contributed by atoms with Crippen LogP contribution in [0.4, 0.5) is 0 Å². The van der Waals surface area contributed by atoms with Gasteiger partial charge in [0.2, 0.25) is 5.91 Å². The second-order valence-corrected chi connectivity index (χ2v) is 9.07. The molecule has 0 spiro atoms. The number of fused-ring (bicyclic) bond motifs is 2. The molecular weight excluding hydrogens is 410 g/mol. The van der Waals surface area contributed by atoms with Crippen LogP contribution in [0.1, 0.15) is 53.7 Å². The Kier molecular flexibility index (Phi) is 5.84. The molecule has 0 radical (unpaired) electrons. The van der Waals surface area contributed by atoms with Gasteiger partial charge in [-0.15, -0.1) is 0 Å². The molecule has 2 N–H and O–H groups in total. The van der Waals surface area contributed by atoms with Crippen LogP contribution in [0, 0.1) is 39.5 Å². The van der Waals surface area contributed by atoms with Crippen molar-refractivity contribution in [3.05, 3.63) is 44.5 Å². The Morgan fingerprint density at radius 3 is 2.25 bits per heavy atom. The van der Waals surface area contributed by atoms with Gasteiger partial charge in [0.15, 0.2) is 0 Å². The zero-order valence-corrected chi connectivity index (χ0v) is 19.0. The Morgan fingerprint density at radius 2 is 1.59 bits per heavy atom. The Hall–Kier alpha value is -3.09. The number of hydrogen-bond acceptors (Lipinski definition) is 5. The Labute approximate surface area is 185 Å². The van der Waals surface area contributed by atoms with Crippen LogP contribution in [0.15, 0.2) is 19.7 Å². The topological polar surface area (TPSA) is 110 Å². The molecule has 1 fully saturated rings. The average molecular weight is 440 g/mol. The number of furan rings is 1. The van der Waals surface area contributed by atoms with E-state index >= 15 is 0 Å². The number of hydrogen-bond donors (Lipinski definition) is 2. The van der Waals surface area contributed by atoms with Crippen LogP contribution >= 0.6 is 0 Å². The zero-order chi connectivity index (χ0) is 23.2. The minimum atomic E-state index is -0.737. The maximum Gasteiger partial charge on any atom is 0.340 e. The van der Waals surface area contributed by atoms with Gasteiger partial charge in [0.1, 0.15) is 16.9 Å². The first-order chi connectivity index (χ1) is 15.2. The van der Waals surface area contributed by atoms with Crippen molar-refractivity contribution in [2.75, 3.05) is 6.54 Å². The van der Waals surface area contributed by atoms with Crippen molar-refractivity contribution in [2.24, 2.45) is 11.8 Å². The van der Waals surface area contributed by atoms with Crippen LogP contribution < -0.4 is 10.9 Å². The van der Waals surface area contributed by atoms with Crippen molar-refractivity contribution in [1.29, 1.82) is 0 Å². The Balaban J connectivity index is 1.53. The van der Waals surface area contributed by atoms with E-state index in [9.17, 15) is 14.4 Å². The number of nitrogens with one attached hydrogen (secondary N) is 1. The highest BCUT2D eigenvalue weighted by Crippen LogP contribution is 2.34. The van der Waals surface area contributed by atoms with Crippen molar-refractivity contribution in [3.8, 4) is 0 Å². The molecule has 0 aliphatic heterocycles. The maximum atomic E-state index is 12.7. The summed E-state index contributed by atoms with van der Waals surface area (Å²) in [6.45, 7) is 8.13. The summed E-state index contributed by atoms with van der Waals surface area (Å²) in [6, 6.07) is 1.98. The molecule has 1 amide bonds. The van der Waals surface area contributed by atoms with Crippen molar-refractivity contribution in [3.63, 3.8) is 0 Å². The highest BCUT2D eigenvalue weighted by atomic mass is 16.4. The molecule has 1 aliphatic carbocycles. The van der Waals surface area contributed by atoms with Gasteiger partial charge in [-0.05, 0) is 76.5 Å². The lowest BCUT2D eigenvalue weighted by molar-refractivity contribution is -0.143. The molecule has 1 aromatic carbocycles. The summed E-state index contributed by atoms with van der Waals surface area (Å²) in [4.78, 5) is 36.4. The summed E-state index contributed by atoms with van der Waals surface area (Å²) in [5, 5.41) is 13.8. The first-order valence-corrected chi connectivity index (χ1v) is 11.1. The first kappa shape index (κ1) is 22.1. The SMILES string of the molecule is Cc1oc2c(C)c3oc(=O)c(CC(=O)NCC4CCC(C(=O)O)CC4)c(C)c3cc2c1C. The molecule has 0 unspecified atom stereocenters. The van der Waals surface area contributed by atoms with E-state index in [1.165, 1.54) is 0 Å². The van der Waals surface area contributed by atoms with Gasteiger partial charge in [0.25, 0.3) is 0 Å². The fraction of sp³-hybridized carbons (Fsp3) is 0.480. The molecule has 0 saturated heterocycles. The summed E-state index contributed by atoms with van der Waals surface area (Å²) in [5.74, 6) is -0.140. The Morgan fingerprint density at radius 1 is 0.969 bits per heavy atom. The van der Waals surface area contributed by atoms with Crippen LogP contribution in [0.3, 0.4) is 0 Å². The highest BCUT2D eigenvalue weighted by molar-refractivity contribution is 6.00. The van der Waals surface area contributed by atoms with Crippen LogP contribution in [-0.2, 0) is 16.0 Å². The van der Waals surface area contributed by atoms with Gasteiger partial charge in [-0.25, -0.2) is 4.79 Å². The second kappa shape index (κ2) is 8.45. The Bertz CT molecular complexity index is 1270. The normalized spacial score (nSPS) is 18.9. The van der Waals surface area contributed by atoms with Gasteiger partial charge in [-0.3, -0.25) is 9.59 Å². The number of amides is 1. The molecule has 0 bridgehead atoms. The zero-order valence-electron chi connectivity index (χ0n) is 19.0. The quantitative estimate of drug-likeness (QED) is 0.573. The third kappa shape index (κ3) is 3.92. The van der Waals surface area contributed by atoms with Gasteiger partial charge < -0.3 is 19.3 Å². The molecule has 32 heavy (non-hydrogen) atoms. The number of benzene rings is 1. The van der Waals surface area contributed by atoms with Crippen LogP contribution in [0.2, 0.25) is 0 Å². The number of carbonyl (C=O) groups excluding carboxylic acids is 1. The summed E-state index contributed by atoms with van der Waals surface area (Å²) in [7, 11) is 0. The molecule has 2 heterocycles. The minimum Gasteiger partial charge on any atom is -0.481 e. The molecule has 3 aromatic rings. The van der Waals surface area contributed by atoms with Crippen molar-refractivity contribution in [2.45, 2.75) is 59.8 Å². The van der Waals surface area contributed by atoms with E-state index in [2.05, 4.69) is 5.32 Å². The first-order valence-electron chi connectivity index (χ1n) is 11.1. The smallest absolute Gasteiger partial charge is 0.340 e. The monoisotopic (exact) mass is 439 g/mol. The fourth-order valence-corrected chi connectivity index (χ4v) is 4.79. The van der Waals surface area contributed by atoms with Gasteiger partial charge in [-0.2, -0.15) is 0 Å². The van der Waals surface area contributed by atoms with E-state index in [0.717, 1.165) is 51.6 Å². The molecule has 0 atom stereocenters. The summed E-state index contributed by atoms with van der Waals surface area (Å²) in [6.07, 6.45) is 2.81. The molecule has 7 heteroatoms. The summed E-state index contributed by atoms with van der Waals surface area (Å²) in [5.41, 5.74) is 3.65. The molecule has 1 aliphatic rings. The van der Waals surface area contributed by atoms with E-state index in [0.29, 0.717) is 30.5 Å². The van der Waals surface area contributed by atoms with E-state index in [4.69, 9.17) is 13.9 Å². The second-order valence-electron chi connectivity index (χ2n) is 9.07. The van der Waals surface area contributed by atoms with Crippen LogP contribution in [-0.4, -0.2) is 23.5 Å². The van der Waals surface area contributed by atoms with Crippen molar-refractivity contribution < 1.29 is 23.5 Å². The summed E-state index contributed by atoms with van der Waals surface area (Å²) >= 11 is 0. The standard InChI is InChI=1S/C25H29NO6/c1-12-15(4)31-22-14(3)23-19(9-18(12)22)13(2)20(25(30)32-23)10-21(27)26-11-16-5-7-17(8-6-16)24(28)29/h9,16-17H,5-8,10-11H2,1-4H3,(H,26,27)(H,28,29). The number of carbonyl (C=O) groups is 2. The third-order valence-corrected chi connectivity index (χ3v) is 7.07. The lowest BCUT2D eigenvalue weighted by Gasteiger charge is -2.26. The molecule has 170 valence electrons. The number of carboxylic acids is 1. The number of aliphatic carboxylic acids is 1. The van der Waals surface area contributed by atoms with E-state index in [1.807, 2.05) is 33.8 Å². The third-order valence-electron chi connectivity index (χ3n) is 7.07. The predicted octanol–water partition coefficient (Wildman–Crippen LogP) is 4.32. The van der Waals surface area contributed by atoms with Gasteiger partial charge in [0, 0.05) is 22.9 Å². The summed E-state index contributed by atoms with van der Waals surface area (Å²) < 4.78 is 11.5. The fourth-order valence-electron chi connectivity index (χ4n) is 4.79. The minimum absolute atomic E-state index is 0.0466. The lowest BCUT2D eigenvalue weighted by atomic mass is 9.82. The molecule has 2 aromatic heterocycles. The van der Waals surface area contributed by atoms with Gasteiger partial charge >= 0.3 is 11.6 Å². The van der Waals surface area contributed by atoms with Gasteiger partial charge in [0.05, 0.1) is 17.9 Å². The maximum absolute atomic E-state index is 12.7. The highest BCUT2D eigenvalue weighted by Gasteiger charge is 2.26. The molecule has 1 saturated carbocycles. The van der Waals surface area contributed by atoms with E-state index in [1.54, 1.807) is 0 Å². The van der Waals surface area contributed by atoms with Crippen LogP contribution in [0.5, 0.6) is 0 Å². The van der Waals surface area contributed by atoms with Crippen molar-refractivity contribution in [1.82, 2.24) is 5.32 Å². The van der Waals surface area contributed by atoms with Crippen LogP contribution in [0.25, 0.3) is 21.9 Å². The number of aryl methyl sites for hydroxylation is 4. The van der Waals surface area contributed by atoms with Crippen molar-refractivity contribution >= 4 is 33.8 Å². The number of rotatable bonds is 5. The average Bonchev–Trinajstić information content (AvgIpc) is 3.05. The van der Waals surface area contributed by atoms with E-state index in [-0.39, 0.29) is 24.2 Å². The largest absolute Gasteiger partial charge is 0.481 e. The lowest BCUT2D eigenvalue weighted by Crippen LogP contribution is -2.34. The van der Waals surface area contributed by atoms with Gasteiger partial charge in [-0.1, -0.05) is 0 Å². The predicted molar refractivity (Wildman–Crippen MR) is 121 cm³/mol. The van der Waals surface area contributed by atoms with E-state index < -0.39 is 11.6 Å².